The van der Waals surface area contributed by atoms with Gasteiger partial charge in [-0.1, -0.05) is 0 Å². The van der Waals surface area contributed by atoms with Crippen LogP contribution < -0.4 is 0 Å². The Morgan fingerprint density at radius 2 is 2.15 bits per heavy atom. The van der Waals surface area contributed by atoms with Crippen molar-refractivity contribution in [1.82, 2.24) is 0 Å². The molecule has 0 saturated carbocycles. The van der Waals surface area contributed by atoms with Crippen molar-refractivity contribution < 1.29 is 13.5 Å². The van der Waals surface area contributed by atoms with Crippen LogP contribution in [0.3, 0.4) is 0 Å². The first-order valence-electron chi connectivity index (χ1n) is 3.92. The molecule has 0 amide bonds. The predicted molar refractivity (Wildman–Crippen MR) is 46.3 cm³/mol. The summed E-state index contributed by atoms with van der Waals surface area (Å²) in [5, 5.41) is 0. The lowest BCUT2D eigenvalue weighted by atomic mass is 10.0. The minimum Gasteiger partial charge on any atom is -0.384 e. The SMILES string of the molecule is [CH2]C(COC)c1cc(F)ccc1F. The summed E-state index contributed by atoms with van der Waals surface area (Å²) in [5.74, 6) is -1.28. The lowest BCUT2D eigenvalue weighted by Gasteiger charge is -2.11. The molecule has 0 heterocycles. The molecular weight excluding hydrogens is 174 g/mol. The van der Waals surface area contributed by atoms with Gasteiger partial charge in [0.15, 0.2) is 0 Å². The average molecular weight is 185 g/mol. The Morgan fingerprint density at radius 1 is 1.46 bits per heavy atom. The van der Waals surface area contributed by atoms with Crippen LogP contribution in [0.5, 0.6) is 0 Å². The van der Waals surface area contributed by atoms with E-state index in [2.05, 4.69) is 6.92 Å². The molecule has 0 aliphatic rings. The van der Waals surface area contributed by atoms with Crippen molar-refractivity contribution >= 4 is 0 Å². The number of halogens is 2. The highest BCUT2D eigenvalue weighted by Gasteiger charge is 2.11. The second kappa shape index (κ2) is 4.33. The van der Waals surface area contributed by atoms with Crippen LogP contribution in [-0.2, 0) is 4.74 Å². The minimum absolute atomic E-state index is 0.252. The van der Waals surface area contributed by atoms with Crippen LogP contribution >= 0.6 is 0 Å². The van der Waals surface area contributed by atoms with Crippen molar-refractivity contribution in [2.45, 2.75) is 5.92 Å². The third kappa shape index (κ3) is 2.49. The molecule has 1 aromatic rings. The number of rotatable bonds is 3. The Hall–Kier alpha value is -0.960. The Balaban J connectivity index is 2.91. The molecule has 1 aromatic carbocycles. The molecule has 1 radical (unpaired) electrons. The Kier molecular flexibility index (Phi) is 3.37. The summed E-state index contributed by atoms with van der Waals surface area (Å²) in [4.78, 5) is 0. The van der Waals surface area contributed by atoms with Crippen LogP contribution in [0.1, 0.15) is 11.5 Å². The smallest absolute Gasteiger partial charge is 0.126 e. The molecule has 0 aromatic heterocycles. The first-order valence-corrected chi connectivity index (χ1v) is 3.92. The molecule has 0 aliphatic heterocycles. The van der Waals surface area contributed by atoms with Gasteiger partial charge >= 0.3 is 0 Å². The number of methoxy groups -OCH3 is 1. The van der Waals surface area contributed by atoms with E-state index >= 15 is 0 Å². The standard InChI is InChI=1S/C10H11F2O/c1-7(6-13-2)9-5-8(11)3-4-10(9)12/h3-5,7H,1,6H2,2H3. The molecule has 0 bridgehead atoms. The van der Waals surface area contributed by atoms with E-state index < -0.39 is 11.6 Å². The van der Waals surface area contributed by atoms with Crippen LogP contribution in [0.4, 0.5) is 8.78 Å². The van der Waals surface area contributed by atoms with Gasteiger partial charge in [0.05, 0.1) is 6.61 Å². The van der Waals surface area contributed by atoms with Gasteiger partial charge in [-0.2, -0.15) is 0 Å². The number of hydrogen-bond acceptors (Lipinski definition) is 1. The molecule has 0 spiro atoms. The summed E-state index contributed by atoms with van der Waals surface area (Å²) in [6.07, 6.45) is 0. The first-order chi connectivity index (χ1) is 6.15. The van der Waals surface area contributed by atoms with E-state index in [4.69, 9.17) is 4.74 Å². The Labute approximate surface area is 76.3 Å². The summed E-state index contributed by atoms with van der Waals surface area (Å²) in [5.41, 5.74) is 0.252. The maximum atomic E-state index is 13.1. The summed E-state index contributed by atoms with van der Waals surface area (Å²) in [7, 11) is 1.50. The topological polar surface area (TPSA) is 9.23 Å². The van der Waals surface area contributed by atoms with Gasteiger partial charge in [-0.3, -0.25) is 0 Å². The molecule has 1 nitrogen and oxygen atoms in total. The molecule has 13 heavy (non-hydrogen) atoms. The number of benzene rings is 1. The van der Waals surface area contributed by atoms with E-state index in [0.29, 0.717) is 0 Å². The van der Waals surface area contributed by atoms with Gasteiger partial charge in [0.1, 0.15) is 11.6 Å². The highest BCUT2D eigenvalue weighted by atomic mass is 19.1. The first kappa shape index (κ1) is 10.1. The average Bonchev–Trinajstić information content (AvgIpc) is 2.09. The summed E-state index contributed by atoms with van der Waals surface area (Å²) in [6, 6.07) is 3.32. The van der Waals surface area contributed by atoms with Crippen LogP contribution in [0.2, 0.25) is 0 Å². The summed E-state index contributed by atoms with van der Waals surface area (Å²) >= 11 is 0. The lowest BCUT2D eigenvalue weighted by molar-refractivity contribution is 0.189. The molecule has 1 rings (SSSR count). The van der Waals surface area contributed by atoms with Crippen molar-refractivity contribution in [2.24, 2.45) is 0 Å². The zero-order chi connectivity index (χ0) is 9.84. The third-order valence-corrected chi connectivity index (χ3v) is 1.77. The monoisotopic (exact) mass is 185 g/mol. The van der Waals surface area contributed by atoms with Crippen molar-refractivity contribution in [3.63, 3.8) is 0 Å². The van der Waals surface area contributed by atoms with Crippen molar-refractivity contribution in [3.8, 4) is 0 Å². The van der Waals surface area contributed by atoms with Crippen LogP contribution in [-0.4, -0.2) is 13.7 Å². The Bertz CT molecular complexity index is 286. The van der Waals surface area contributed by atoms with Crippen molar-refractivity contribution in [3.05, 3.63) is 42.3 Å². The van der Waals surface area contributed by atoms with Gasteiger partial charge < -0.3 is 4.74 Å². The predicted octanol–water partition coefficient (Wildman–Crippen LogP) is 2.53. The fourth-order valence-corrected chi connectivity index (χ4v) is 1.12. The molecule has 3 heteroatoms. The van der Waals surface area contributed by atoms with Gasteiger partial charge in [-0.05, 0) is 30.7 Å². The quantitative estimate of drug-likeness (QED) is 0.703. The van der Waals surface area contributed by atoms with Gasteiger partial charge in [0.2, 0.25) is 0 Å². The molecule has 0 aliphatic carbocycles. The normalized spacial score (nSPS) is 12.9. The molecule has 0 saturated heterocycles. The van der Waals surface area contributed by atoms with E-state index in [0.717, 1.165) is 18.2 Å². The highest BCUT2D eigenvalue weighted by molar-refractivity contribution is 5.23. The molecule has 1 unspecified atom stereocenters. The lowest BCUT2D eigenvalue weighted by Crippen LogP contribution is -2.05. The van der Waals surface area contributed by atoms with Gasteiger partial charge in [-0.15, -0.1) is 0 Å². The second-order valence-electron chi connectivity index (χ2n) is 2.82. The maximum Gasteiger partial charge on any atom is 0.126 e. The largest absolute Gasteiger partial charge is 0.384 e. The minimum atomic E-state index is -0.457. The van der Waals surface area contributed by atoms with Crippen LogP contribution in [0.25, 0.3) is 0 Å². The zero-order valence-corrected chi connectivity index (χ0v) is 7.39. The number of hydrogen-bond donors (Lipinski definition) is 0. The van der Waals surface area contributed by atoms with Crippen molar-refractivity contribution in [2.75, 3.05) is 13.7 Å². The zero-order valence-electron chi connectivity index (χ0n) is 7.39. The third-order valence-electron chi connectivity index (χ3n) is 1.77. The van der Waals surface area contributed by atoms with E-state index in [1.807, 2.05) is 0 Å². The van der Waals surface area contributed by atoms with E-state index in [1.54, 1.807) is 0 Å². The fraction of sp³-hybridized carbons (Fsp3) is 0.300. The van der Waals surface area contributed by atoms with Crippen molar-refractivity contribution in [1.29, 1.82) is 0 Å². The van der Waals surface area contributed by atoms with Crippen LogP contribution in [0, 0.1) is 18.6 Å². The van der Waals surface area contributed by atoms with E-state index in [-0.39, 0.29) is 18.1 Å². The molecule has 0 N–H and O–H groups in total. The molecule has 71 valence electrons. The van der Waals surface area contributed by atoms with E-state index in [9.17, 15) is 8.78 Å². The van der Waals surface area contributed by atoms with E-state index in [1.165, 1.54) is 7.11 Å². The molecule has 0 fully saturated rings. The Morgan fingerprint density at radius 3 is 2.77 bits per heavy atom. The molecular formula is C10H11F2O. The molecule has 1 atom stereocenters. The highest BCUT2D eigenvalue weighted by Crippen LogP contribution is 2.19. The summed E-state index contributed by atoms with van der Waals surface area (Å²) in [6.45, 7) is 3.95. The van der Waals surface area contributed by atoms with Crippen LogP contribution in [0.15, 0.2) is 18.2 Å². The number of ether oxygens (including phenoxy) is 1. The second-order valence-corrected chi connectivity index (χ2v) is 2.82. The summed E-state index contributed by atoms with van der Waals surface area (Å²) < 4.78 is 30.6. The maximum absolute atomic E-state index is 13.1. The van der Waals surface area contributed by atoms with Gasteiger partial charge in [-0.25, -0.2) is 8.78 Å². The van der Waals surface area contributed by atoms with Gasteiger partial charge in [0, 0.05) is 13.0 Å². The van der Waals surface area contributed by atoms with Gasteiger partial charge in [0.25, 0.3) is 0 Å². The fourth-order valence-electron chi connectivity index (χ4n) is 1.12.